The number of aliphatic carboxylic acids is 1. The number of carbonyl (C=O) groups is 1. The Morgan fingerprint density at radius 2 is 1.92 bits per heavy atom. The van der Waals surface area contributed by atoms with Crippen LogP contribution in [-0.2, 0) is 4.79 Å². The molecule has 2 fully saturated rings. The molecule has 1 heterocycles. The molecule has 1 aromatic heterocycles. The van der Waals surface area contributed by atoms with Crippen LogP contribution in [-0.4, -0.2) is 51.1 Å². The van der Waals surface area contributed by atoms with Crippen LogP contribution in [0.2, 0.25) is 0 Å². The molecule has 0 bridgehead atoms. The Kier molecular flexibility index (Phi) is 4.84. The van der Waals surface area contributed by atoms with Crippen molar-refractivity contribution in [2.45, 2.75) is 37.8 Å². The Bertz CT molecular complexity index is 740. The molecule has 2 saturated carbocycles. The van der Waals surface area contributed by atoms with Crippen LogP contribution in [0.15, 0.2) is 42.7 Å². The molecule has 4 rings (SSSR count). The van der Waals surface area contributed by atoms with Gasteiger partial charge in [-0.3, -0.25) is 14.7 Å². The van der Waals surface area contributed by atoms with Crippen molar-refractivity contribution in [2.75, 3.05) is 18.4 Å². The first-order valence-corrected chi connectivity index (χ1v) is 9.27. The molecule has 0 amide bonds. The highest BCUT2D eigenvalue weighted by molar-refractivity contribution is 5.69. The van der Waals surface area contributed by atoms with E-state index in [-0.39, 0.29) is 6.54 Å². The van der Waals surface area contributed by atoms with Crippen molar-refractivity contribution < 1.29 is 9.90 Å². The van der Waals surface area contributed by atoms with Gasteiger partial charge in [0, 0.05) is 24.2 Å². The lowest BCUT2D eigenvalue weighted by molar-refractivity contribution is -0.139. The minimum absolute atomic E-state index is 0.152. The van der Waals surface area contributed by atoms with Crippen LogP contribution in [0.1, 0.15) is 25.7 Å². The number of anilines is 1. The molecule has 0 radical (unpaired) electrons. The highest BCUT2D eigenvalue weighted by Gasteiger charge is 2.37. The maximum atomic E-state index is 11.1. The number of hydrogen-bond donors (Lipinski definition) is 2. The fraction of sp³-hybridized carbons (Fsp3) is 0.450. The fourth-order valence-corrected chi connectivity index (χ4v) is 3.52. The standard InChI is InChI=1S/C20H24N4O2/c25-20(26)13-24(12-14-6-7-14)17-8-16(9-17)23-19-11-21-18(10-22-19)15-4-2-1-3-5-15/h1-5,10-11,14,16-17H,6-9,12-13H2,(H,22,23)(H,25,26). The van der Waals surface area contributed by atoms with E-state index in [4.69, 9.17) is 5.11 Å². The van der Waals surface area contributed by atoms with Gasteiger partial charge < -0.3 is 10.4 Å². The van der Waals surface area contributed by atoms with Crippen LogP contribution in [0.4, 0.5) is 5.82 Å². The number of carboxylic acids is 1. The molecule has 2 aliphatic carbocycles. The molecule has 2 aliphatic rings. The van der Waals surface area contributed by atoms with Gasteiger partial charge in [-0.05, 0) is 31.6 Å². The molecule has 2 N–H and O–H groups in total. The van der Waals surface area contributed by atoms with Crippen molar-refractivity contribution >= 4 is 11.8 Å². The summed E-state index contributed by atoms with van der Waals surface area (Å²) in [4.78, 5) is 22.2. The van der Waals surface area contributed by atoms with Crippen LogP contribution in [0.3, 0.4) is 0 Å². The third-order valence-corrected chi connectivity index (χ3v) is 5.23. The molecule has 1 aromatic carbocycles. The molecule has 0 unspecified atom stereocenters. The van der Waals surface area contributed by atoms with Crippen molar-refractivity contribution in [3.05, 3.63) is 42.7 Å². The minimum atomic E-state index is -0.732. The van der Waals surface area contributed by atoms with Gasteiger partial charge in [-0.2, -0.15) is 0 Å². The lowest BCUT2D eigenvalue weighted by Gasteiger charge is -2.42. The lowest BCUT2D eigenvalue weighted by atomic mass is 9.85. The molecule has 26 heavy (non-hydrogen) atoms. The topological polar surface area (TPSA) is 78.4 Å². The maximum absolute atomic E-state index is 11.1. The smallest absolute Gasteiger partial charge is 0.317 e. The predicted octanol–water partition coefficient (Wildman–Crippen LogP) is 2.88. The summed E-state index contributed by atoms with van der Waals surface area (Å²) in [5.74, 6) is 0.752. The number of nitrogens with one attached hydrogen (secondary N) is 1. The van der Waals surface area contributed by atoms with E-state index >= 15 is 0 Å². The van der Waals surface area contributed by atoms with Gasteiger partial charge >= 0.3 is 5.97 Å². The highest BCUT2D eigenvalue weighted by atomic mass is 16.4. The summed E-state index contributed by atoms with van der Waals surface area (Å²) in [5, 5.41) is 12.5. The highest BCUT2D eigenvalue weighted by Crippen LogP contribution is 2.34. The number of carboxylic acid groups (broad SMARTS) is 1. The molecule has 0 atom stereocenters. The normalized spacial score (nSPS) is 22.0. The zero-order valence-corrected chi connectivity index (χ0v) is 14.7. The van der Waals surface area contributed by atoms with Crippen LogP contribution >= 0.6 is 0 Å². The van der Waals surface area contributed by atoms with Crippen molar-refractivity contribution in [3.63, 3.8) is 0 Å². The van der Waals surface area contributed by atoms with E-state index < -0.39 is 5.97 Å². The van der Waals surface area contributed by atoms with Crippen molar-refractivity contribution in [3.8, 4) is 11.3 Å². The summed E-state index contributed by atoms with van der Waals surface area (Å²) in [6.45, 7) is 1.08. The lowest BCUT2D eigenvalue weighted by Crippen LogP contribution is -2.52. The van der Waals surface area contributed by atoms with E-state index in [9.17, 15) is 4.79 Å². The monoisotopic (exact) mass is 352 g/mol. The van der Waals surface area contributed by atoms with Crippen LogP contribution in [0.25, 0.3) is 11.3 Å². The second-order valence-electron chi connectivity index (χ2n) is 7.39. The summed E-state index contributed by atoms with van der Waals surface area (Å²) >= 11 is 0. The Labute approximate surface area is 153 Å². The molecule has 6 heteroatoms. The van der Waals surface area contributed by atoms with Gasteiger partial charge in [0.15, 0.2) is 0 Å². The molecular weight excluding hydrogens is 328 g/mol. The van der Waals surface area contributed by atoms with Gasteiger partial charge in [-0.1, -0.05) is 30.3 Å². The van der Waals surface area contributed by atoms with Gasteiger partial charge in [0.1, 0.15) is 5.82 Å². The van der Waals surface area contributed by atoms with E-state index in [1.165, 1.54) is 12.8 Å². The molecular formula is C20H24N4O2. The van der Waals surface area contributed by atoms with E-state index in [0.717, 1.165) is 36.5 Å². The van der Waals surface area contributed by atoms with E-state index in [1.807, 2.05) is 30.3 Å². The summed E-state index contributed by atoms with van der Waals surface area (Å²) in [6.07, 6.45) is 7.97. The van der Waals surface area contributed by atoms with Gasteiger partial charge in [-0.25, -0.2) is 4.98 Å². The second kappa shape index (κ2) is 7.41. The van der Waals surface area contributed by atoms with Crippen molar-refractivity contribution in [2.24, 2.45) is 5.92 Å². The van der Waals surface area contributed by atoms with Crippen molar-refractivity contribution in [1.29, 1.82) is 0 Å². The third kappa shape index (κ3) is 4.19. The molecule has 136 valence electrons. The molecule has 6 nitrogen and oxygen atoms in total. The van der Waals surface area contributed by atoms with Gasteiger partial charge in [0.2, 0.25) is 0 Å². The number of rotatable bonds is 8. The average molecular weight is 352 g/mol. The van der Waals surface area contributed by atoms with Crippen LogP contribution in [0, 0.1) is 5.92 Å². The van der Waals surface area contributed by atoms with Crippen LogP contribution < -0.4 is 5.32 Å². The Hall–Kier alpha value is -2.47. The number of hydrogen-bond acceptors (Lipinski definition) is 5. The fourth-order valence-electron chi connectivity index (χ4n) is 3.52. The Morgan fingerprint density at radius 1 is 1.15 bits per heavy atom. The zero-order valence-electron chi connectivity index (χ0n) is 14.7. The molecule has 0 aliphatic heterocycles. The zero-order chi connectivity index (χ0) is 17.9. The summed E-state index contributed by atoms with van der Waals surface area (Å²) in [5.41, 5.74) is 1.92. The molecule has 0 spiro atoms. The third-order valence-electron chi connectivity index (χ3n) is 5.23. The first-order valence-electron chi connectivity index (χ1n) is 9.27. The number of benzene rings is 1. The SMILES string of the molecule is O=C(O)CN(CC1CC1)C1CC(Nc2cnc(-c3ccccc3)cn2)C1. The van der Waals surface area contributed by atoms with Gasteiger partial charge in [0.25, 0.3) is 0 Å². The van der Waals surface area contributed by atoms with Gasteiger partial charge in [0.05, 0.1) is 24.6 Å². The van der Waals surface area contributed by atoms with E-state index in [0.29, 0.717) is 18.0 Å². The summed E-state index contributed by atoms with van der Waals surface area (Å²) in [7, 11) is 0. The summed E-state index contributed by atoms with van der Waals surface area (Å²) < 4.78 is 0. The van der Waals surface area contributed by atoms with E-state index in [1.54, 1.807) is 12.4 Å². The van der Waals surface area contributed by atoms with Crippen LogP contribution in [0.5, 0.6) is 0 Å². The average Bonchev–Trinajstić information content (AvgIpc) is 3.42. The van der Waals surface area contributed by atoms with Crippen molar-refractivity contribution in [1.82, 2.24) is 14.9 Å². The first-order chi connectivity index (χ1) is 12.7. The second-order valence-corrected chi connectivity index (χ2v) is 7.39. The maximum Gasteiger partial charge on any atom is 0.317 e. The Balaban J connectivity index is 1.30. The quantitative estimate of drug-likeness (QED) is 0.761. The number of aromatic nitrogens is 2. The van der Waals surface area contributed by atoms with Gasteiger partial charge in [-0.15, -0.1) is 0 Å². The first kappa shape index (κ1) is 17.0. The summed E-state index contributed by atoms with van der Waals surface area (Å²) in [6, 6.07) is 10.7. The Morgan fingerprint density at radius 3 is 2.54 bits per heavy atom. The predicted molar refractivity (Wildman–Crippen MR) is 99.8 cm³/mol. The number of nitrogens with zero attached hydrogens (tertiary/aromatic N) is 3. The molecule has 2 aromatic rings. The largest absolute Gasteiger partial charge is 0.480 e. The van der Waals surface area contributed by atoms with E-state index in [2.05, 4.69) is 20.2 Å². The molecule has 0 saturated heterocycles. The minimum Gasteiger partial charge on any atom is -0.480 e.